The number of methoxy groups -OCH3 is 1. The number of nitrogens with one attached hydrogen (secondary N) is 1. The third-order valence-electron chi connectivity index (χ3n) is 4.79. The van der Waals surface area contributed by atoms with Gasteiger partial charge in [-0.2, -0.15) is 0 Å². The van der Waals surface area contributed by atoms with E-state index < -0.39 is 5.97 Å². The molecule has 150 valence electrons. The molecule has 7 nitrogen and oxygen atoms in total. The summed E-state index contributed by atoms with van der Waals surface area (Å²) in [5, 5.41) is 3.31. The molecule has 1 N–H and O–H groups in total. The number of carbonyl (C=O) groups is 1. The number of likely N-dealkylation sites (tertiary alicyclic amines) is 1. The average molecular weight is 385 g/mol. The van der Waals surface area contributed by atoms with Gasteiger partial charge < -0.3 is 24.1 Å². The number of nitrogens with zero attached hydrogens (tertiary/aromatic N) is 2. The molecule has 0 aliphatic carbocycles. The number of furan rings is 1. The number of aryl methyl sites for hydroxylation is 1. The lowest BCUT2D eigenvalue weighted by Crippen LogP contribution is -2.47. The number of esters is 1. The van der Waals surface area contributed by atoms with E-state index in [1.165, 1.54) is 7.11 Å². The number of para-hydroxylation sites is 1. The first-order valence-corrected chi connectivity index (χ1v) is 9.45. The van der Waals surface area contributed by atoms with Gasteiger partial charge in [0.05, 0.1) is 13.7 Å². The highest BCUT2D eigenvalue weighted by atomic mass is 16.5. The molecule has 1 fully saturated rings. The molecule has 1 aliphatic heterocycles. The van der Waals surface area contributed by atoms with Crippen molar-refractivity contribution in [1.29, 1.82) is 0 Å². The number of hydrogen-bond acceptors (Lipinski definition) is 5. The van der Waals surface area contributed by atoms with Crippen molar-refractivity contribution < 1.29 is 18.7 Å². The molecule has 28 heavy (non-hydrogen) atoms. The molecule has 1 aliphatic rings. The van der Waals surface area contributed by atoms with Crippen LogP contribution in [0.25, 0.3) is 0 Å². The number of rotatable bonds is 5. The van der Waals surface area contributed by atoms with Gasteiger partial charge in [0.25, 0.3) is 0 Å². The predicted octanol–water partition coefficient (Wildman–Crippen LogP) is 2.99. The molecule has 2 heterocycles. The Morgan fingerprint density at radius 3 is 2.64 bits per heavy atom. The second-order valence-corrected chi connectivity index (χ2v) is 6.69. The molecule has 0 atom stereocenters. The molecule has 2 aromatic rings. The minimum Gasteiger partial charge on any atom is -0.490 e. The Morgan fingerprint density at radius 2 is 2.00 bits per heavy atom. The van der Waals surface area contributed by atoms with Gasteiger partial charge in [0.2, 0.25) is 0 Å². The number of aliphatic imine (C=N–C) groups is 1. The van der Waals surface area contributed by atoms with Gasteiger partial charge in [-0.3, -0.25) is 4.99 Å². The van der Waals surface area contributed by atoms with E-state index in [0.717, 1.165) is 37.6 Å². The summed E-state index contributed by atoms with van der Waals surface area (Å²) in [6, 6.07) is 11.6. The second kappa shape index (κ2) is 9.30. The molecule has 0 radical (unpaired) electrons. The van der Waals surface area contributed by atoms with Crippen LogP contribution in [0.2, 0.25) is 0 Å². The zero-order chi connectivity index (χ0) is 19.9. The van der Waals surface area contributed by atoms with Crippen LogP contribution in [0.5, 0.6) is 5.75 Å². The van der Waals surface area contributed by atoms with Crippen LogP contribution >= 0.6 is 0 Å². The zero-order valence-corrected chi connectivity index (χ0v) is 16.6. The van der Waals surface area contributed by atoms with Crippen LogP contribution in [-0.2, 0) is 11.3 Å². The minimum atomic E-state index is -0.391. The minimum absolute atomic E-state index is 0.215. The fourth-order valence-electron chi connectivity index (χ4n) is 3.32. The summed E-state index contributed by atoms with van der Waals surface area (Å²) in [5.74, 6) is 2.56. The molecule has 0 bridgehead atoms. The van der Waals surface area contributed by atoms with Gasteiger partial charge >= 0.3 is 5.97 Å². The van der Waals surface area contributed by atoms with E-state index >= 15 is 0 Å². The molecular weight excluding hydrogens is 358 g/mol. The number of carbonyl (C=O) groups excluding carboxylic acids is 1. The SMILES string of the molecule is CN=C(NCc1cc(C(=O)OC)c(C)o1)N1CCC(Oc2ccccc2)CC1. The molecule has 1 aromatic carbocycles. The van der Waals surface area contributed by atoms with Crippen molar-refractivity contribution in [2.45, 2.75) is 32.4 Å². The summed E-state index contributed by atoms with van der Waals surface area (Å²) in [6.45, 7) is 3.93. The van der Waals surface area contributed by atoms with Crippen molar-refractivity contribution in [2.75, 3.05) is 27.2 Å². The highest BCUT2D eigenvalue weighted by Gasteiger charge is 2.23. The predicted molar refractivity (Wildman–Crippen MR) is 107 cm³/mol. The first-order chi connectivity index (χ1) is 13.6. The van der Waals surface area contributed by atoms with E-state index in [1.54, 1.807) is 20.0 Å². The van der Waals surface area contributed by atoms with Gasteiger partial charge in [0, 0.05) is 33.0 Å². The Morgan fingerprint density at radius 1 is 1.29 bits per heavy atom. The maximum Gasteiger partial charge on any atom is 0.341 e. The number of piperidine rings is 1. The van der Waals surface area contributed by atoms with Crippen molar-refractivity contribution in [3.8, 4) is 5.75 Å². The number of benzene rings is 1. The summed E-state index contributed by atoms with van der Waals surface area (Å²) in [4.78, 5) is 18.3. The Balaban J connectivity index is 1.50. The molecule has 3 rings (SSSR count). The van der Waals surface area contributed by atoms with E-state index in [-0.39, 0.29) is 6.10 Å². The summed E-state index contributed by atoms with van der Waals surface area (Å²) >= 11 is 0. The summed E-state index contributed by atoms with van der Waals surface area (Å²) < 4.78 is 16.5. The Bertz CT molecular complexity index is 808. The van der Waals surface area contributed by atoms with E-state index in [2.05, 4.69) is 15.2 Å². The molecular formula is C21H27N3O4. The third-order valence-corrected chi connectivity index (χ3v) is 4.79. The zero-order valence-electron chi connectivity index (χ0n) is 16.6. The fraction of sp³-hybridized carbons (Fsp3) is 0.429. The quantitative estimate of drug-likeness (QED) is 0.484. The molecule has 0 spiro atoms. The van der Waals surface area contributed by atoms with Gasteiger partial charge in [-0.1, -0.05) is 18.2 Å². The van der Waals surface area contributed by atoms with Gasteiger partial charge in [0.15, 0.2) is 5.96 Å². The number of guanidine groups is 1. The second-order valence-electron chi connectivity index (χ2n) is 6.69. The van der Waals surface area contributed by atoms with E-state index in [1.807, 2.05) is 30.3 Å². The third kappa shape index (κ3) is 4.85. The van der Waals surface area contributed by atoms with Crippen LogP contribution in [0, 0.1) is 6.92 Å². The first kappa shape index (κ1) is 19.8. The monoisotopic (exact) mass is 385 g/mol. The standard InChI is InChI=1S/C21H27N3O4/c1-15-19(20(25)26-3)13-18(27-15)14-23-21(22-2)24-11-9-17(10-12-24)28-16-7-5-4-6-8-16/h4-8,13,17H,9-12,14H2,1-3H3,(H,22,23). The summed E-state index contributed by atoms with van der Waals surface area (Å²) in [7, 11) is 3.13. The Labute approximate surface area is 165 Å². The maximum atomic E-state index is 11.7. The van der Waals surface area contributed by atoms with Crippen LogP contribution in [0.4, 0.5) is 0 Å². The van der Waals surface area contributed by atoms with Crippen LogP contribution in [0.15, 0.2) is 45.8 Å². The largest absolute Gasteiger partial charge is 0.490 e. The normalized spacial score (nSPS) is 15.4. The Hall–Kier alpha value is -2.96. The molecule has 1 saturated heterocycles. The lowest BCUT2D eigenvalue weighted by Gasteiger charge is -2.34. The van der Waals surface area contributed by atoms with Crippen molar-refractivity contribution in [3.05, 3.63) is 53.5 Å². The number of ether oxygens (including phenoxy) is 2. The van der Waals surface area contributed by atoms with Crippen molar-refractivity contribution in [3.63, 3.8) is 0 Å². The highest BCUT2D eigenvalue weighted by molar-refractivity contribution is 5.90. The van der Waals surface area contributed by atoms with E-state index in [4.69, 9.17) is 13.9 Å². The molecule has 0 saturated carbocycles. The average Bonchev–Trinajstić information content (AvgIpc) is 3.10. The first-order valence-electron chi connectivity index (χ1n) is 9.45. The molecule has 7 heteroatoms. The van der Waals surface area contributed by atoms with Crippen LogP contribution in [-0.4, -0.2) is 50.2 Å². The van der Waals surface area contributed by atoms with Gasteiger partial charge in [-0.25, -0.2) is 4.79 Å². The van der Waals surface area contributed by atoms with Crippen LogP contribution in [0.3, 0.4) is 0 Å². The lowest BCUT2D eigenvalue weighted by molar-refractivity contribution is 0.0599. The molecule has 0 amide bonds. The van der Waals surface area contributed by atoms with Crippen molar-refractivity contribution in [1.82, 2.24) is 10.2 Å². The Kier molecular flexibility index (Phi) is 6.57. The summed E-state index contributed by atoms with van der Waals surface area (Å²) in [6.07, 6.45) is 2.08. The van der Waals surface area contributed by atoms with Gasteiger partial charge in [-0.15, -0.1) is 0 Å². The van der Waals surface area contributed by atoms with Crippen molar-refractivity contribution >= 4 is 11.9 Å². The lowest BCUT2D eigenvalue weighted by atomic mass is 10.1. The van der Waals surface area contributed by atoms with Crippen LogP contribution in [0.1, 0.15) is 34.7 Å². The maximum absolute atomic E-state index is 11.7. The smallest absolute Gasteiger partial charge is 0.341 e. The van der Waals surface area contributed by atoms with Gasteiger partial charge in [0.1, 0.15) is 28.9 Å². The topological polar surface area (TPSA) is 76.3 Å². The summed E-state index contributed by atoms with van der Waals surface area (Å²) in [5.41, 5.74) is 0.452. The highest BCUT2D eigenvalue weighted by Crippen LogP contribution is 2.19. The molecule has 0 unspecified atom stereocenters. The van der Waals surface area contributed by atoms with E-state index in [0.29, 0.717) is 23.6 Å². The fourth-order valence-corrected chi connectivity index (χ4v) is 3.32. The van der Waals surface area contributed by atoms with Gasteiger partial charge in [-0.05, 0) is 25.1 Å². The number of hydrogen-bond donors (Lipinski definition) is 1. The van der Waals surface area contributed by atoms with Crippen LogP contribution < -0.4 is 10.1 Å². The molecule has 1 aromatic heterocycles. The van der Waals surface area contributed by atoms with E-state index in [9.17, 15) is 4.79 Å². The van der Waals surface area contributed by atoms with Crippen molar-refractivity contribution in [2.24, 2.45) is 4.99 Å².